The Kier molecular flexibility index (Phi) is 3.94. The third-order valence-corrected chi connectivity index (χ3v) is 3.77. The first-order chi connectivity index (χ1) is 10.2. The van der Waals surface area contributed by atoms with E-state index >= 15 is 0 Å². The molecule has 6 heteroatoms. The fraction of sp³-hybridized carbons (Fsp3) is 0.467. The van der Waals surface area contributed by atoms with Gasteiger partial charge in [0.05, 0.1) is 12.1 Å². The number of hydrogen-bond acceptors (Lipinski definition) is 4. The number of amides is 1. The smallest absolute Gasteiger partial charge is 0.253 e. The number of pyridine rings is 1. The molecule has 1 amide bonds. The maximum absolute atomic E-state index is 12.1. The molecule has 110 valence electrons. The molecule has 6 nitrogen and oxygen atoms in total. The van der Waals surface area contributed by atoms with Gasteiger partial charge >= 0.3 is 0 Å². The predicted octanol–water partition coefficient (Wildman–Crippen LogP) is 1.64. The van der Waals surface area contributed by atoms with Crippen LogP contribution >= 0.6 is 0 Å². The van der Waals surface area contributed by atoms with Crippen LogP contribution in [0.2, 0.25) is 0 Å². The number of fused-ring (bicyclic) bond motifs is 1. The third kappa shape index (κ3) is 3.09. The minimum Gasteiger partial charge on any atom is -0.345 e. The maximum atomic E-state index is 12.1. The predicted molar refractivity (Wildman–Crippen MR) is 77.7 cm³/mol. The van der Waals surface area contributed by atoms with Gasteiger partial charge in [0.2, 0.25) is 0 Å². The summed E-state index contributed by atoms with van der Waals surface area (Å²) < 4.78 is 2.14. The van der Waals surface area contributed by atoms with E-state index in [1.165, 1.54) is 12.8 Å². The van der Waals surface area contributed by atoms with Gasteiger partial charge in [-0.15, -0.1) is 10.2 Å². The molecule has 0 fully saturated rings. The molecular formula is C15H19N5O. The van der Waals surface area contributed by atoms with Gasteiger partial charge in [-0.3, -0.25) is 9.78 Å². The highest BCUT2D eigenvalue weighted by molar-refractivity contribution is 5.93. The number of nitrogens with one attached hydrogen (secondary N) is 1. The van der Waals surface area contributed by atoms with E-state index in [0.717, 1.165) is 36.7 Å². The molecule has 2 aromatic rings. The zero-order valence-corrected chi connectivity index (χ0v) is 12.2. The van der Waals surface area contributed by atoms with Gasteiger partial charge in [-0.2, -0.15) is 0 Å². The average Bonchev–Trinajstić information content (AvgIpc) is 2.72. The standard InChI is InChI=1S/C15H19N5O/c1-11-6-7-12(9-16-11)15(21)17-10-14-19-18-13-5-3-2-4-8-20(13)14/h6-7,9H,2-5,8,10H2,1H3,(H,17,21). The molecule has 0 atom stereocenters. The summed E-state index contributed by atoms with van der Waals surface area (Å²) in [6, 6.07) is 3.61. The molecule has 0 saturated heterocycles. The Morgan fingerprint density at radius 2 is 2.19 bits per heavy atom. The van der Waals surface area contributed by atoms with Gasteiger partial charge in [-0.1, -0.05) is 6.42 Å². The van der Waals surface area contributed by atoms with Gasteiger partial charge in [-0.05, 0) is 31.9 Å². The minimum atomic E-state index is -0.131. The van der Waals surface area contributed by atoms with Gasteiger partial charge < -0.3 is 9.88 Å². The lowest BCUT2D eigenvalue weighted by atomic mass is 10.2. The van der Waals surface area contributed by atoms with Crippen molar-refractivity contribution in [2.24, 2.45) is 0 Å². The van der Waals surface area contributed by atoms with Crippen LogP contribution in [0.15, 0.2) is 18.3 Å². The van der Waals surface area contributed by atoms with Crippen molar-refractivity contribution in [3.05, 3.63) is 41.2 Å². The van der Waals surface area contributed by atoms with Crippen LogP contribution in [0.25, 0.3) is 0 Å². The molecule has 2 aromatic heterocycles. The number of hydrogen-bond donors (Lipinski definition) is 1. The van der Waals surface area contributed by atoms with Crippen molar-refractivity contribution in [1.29, 1.82) is 0 Å². The SMILES string of the molecule is Cc1ccc(C(=O)NCc2nnc3n2CCCCC3)cn1. The maximum Gasteiger partial charge on any atom is 0.253 e. The second kappa shape index (κ2) is 6.03. The van der Waals surface area contributed by atoms with Crippen LogP contribution in [0.3, 0.4) is 0 Å². The fourth-order valence-electron chi connectivity index (χ4n) is 2.54. The minimum absolute atomic E-state index is 0.131. The Morgan fingerprint density at radius 1 is 1.29 bits per heavy atom. The Morgan fingerprint density at radius 3 is 3.00 bits per heavy atom. The van der Waals surface area contributed by atoms with Crippen molar-refractivity contribution < 1.29 is 4.79 Å². The van der Waals surface area contributed by atoms with Crippen LogP contribution in [0.5, 0.6) is 0 Å². The summed E-state index contributed by atoms with van der Waals surface area (Å²) in [5.41, 5.74) is 1.46. The highest BCUT2D eigenvalue weighted by Crippen LogP contribution is 2.14. The number of rotatable bonds is 3. The zero-order valence-electron chi connectivity index (χ0n) is 12.2. The highest BCUT2D eigenvalue weighted by Gasteiger charge is 2.15. The van der Waals surface area contributed by atoms with Gasteiger partial charge in [0.25, 0.3) is 5.91 Å². The quantitative estimate of drug-likeness (QED) is 0.930. The summed E-state index contributed by atoms with van der Waals surface area (Å²) in [4.78, 5) is 16.2. The van der Waals surface area contributed by atoms with Crippen molar-refractivity contribution >= 4 is 5.91 Å². The Bertz CT molecular complexity index is 632. The van der Waals surface area contributed by atoms with E-state index in [1.54, 1.807) is 12.3 Å². The molecule has 3 rings (SSSR count). The van der Waals surface area contributed by atoms with Gasteiger partial charge in [0.1, 0.15) is 5.82 Å². The van der Waals surface area contributed by atoms with Crippen LogP contribution in [0, 0.1) is 6.92 Å². The van der Waals surface area contributed by atoms with Crippen molar-refractivity contribution in [3.63, 3.8) is 0 Å². The second-order valence-corrected chi connectivity index (χ2v) is 5.37. The van der Waals surface area contributed by atoms with Gasteiger partial charge in [0.15, 0.2) is 5.82 Å². The number of aromatic nitrogens is 4. The first-order valence-corrected chi connectivity index (χ1v) is 7.36. The molecular weight excluding hydrogens is 266 g/mol. The van der Waals surface area contributed by atoms with E-state index in [-0.39, 0.29) is 5.91 Å². The van der Waals surface area contributed by atoms with E-state index < -0.39 is 0 Å². The van der Waals surface area contributed by atoms with Crippen LogP contribution in [0.4, 0.5) is 0 Å². The van der Waals surface area contributed by atoms with Crippen LogP contribution in [-0.4, -0.2) is 25.7 Å². The summed E-state index contributed by atoms with van der Waals surface area (Å²) in [7, 11) is 0. The molecule has 0 aliphatic carbocycles. The molecule has 3 heterocycles. The summed E-state index contributed by atoms with van der Waals surface area (Å²) >= 11 is 0. The number of carbonyl (C=O) groups is 1. The number of aryl methyl sites for hydroxylation is 2. The molecule has 0 radical (unpaired) electrons. The Labute approximate surface area is 123 Å². The summed E-state index contributed by atoms with van der Waals surface area (Å²) in [5.74, 6) is 1.74. The molecule has 0 spiro atoms. The molecule has 1 aliphatic rings. The molecule has 0 aromatic carbocycles. The fourth-order valence-corrected chi connectivity index (χ4v) is 2.54. The first kappa shape index (κ1) is 13.7. The summed E-state index contributed by atoms with van der Waals surface area (Å²) in [5, 5.41) is 11.3. The lowest BCUT2D eigenvalue weighted by Crippen LogP contribution is -2.25. The summed E-state index contributed by atoms with van der Waals surface area (Å²) in [6.07, 6.45) is 6.11. The third-order valence-electron chi connectivity index (χ3n) is 3.77. The normalized spacial score (nSPS) is 14.3. The largest absolute Gasteiger partial charge is 0.345 e. The highest BCUT2D eigenvalue weighted by atomic mass is 16.1. The molecule has 0 saturated carbocycles. The molecule has 1 N–H and O–H groups in total. The van der Waals surface area contributed by atoms with Crippen molar-refractivity contribution in [3.8, 4) is 0 Å². The van der Waals surface area contributed by atoms with E-state index in [4.69, 9.17) is 0 Å². The van der Waals surface area contributed by atoms with Crippen LogP contribution in [0.1, 0.15) is 47.0 Å². The average molecular weight is 285 g/mol. The van der Waals surface area contributed by atoms with E-state index in [9.17, 15) is 4.79 Å². The molecule has 0 bridgehead atoms. The molecule has 1 aliphatic heterocycles. The monoisotopic (exact) mass is 285 g/mol. The topological polar surface area (TPSA) is 72.7 Å². The van der Waals surface area contributed by atoms with E-state index in [0.29, 0.717) is 12.1 Å². The van der Waals surface area contributed by atoms with Crippen molar-refractivity contribution in [2.75, 3.05) is 0 Å². The van der Waals surface area contributed by atoms with E-state index in [1.807, 2.05) is 13.0 Å². The van der Waals surface area contributed by atoms with E-state index in [2.05, 4.69) is 25.1 Å². The molecule has 21 heavy (non-hydrogen) atoms. The van der Waals surface area contributed by atoms with Crippen LogP contribution < -0.4 is 5.32 Å². The first-order valence-electron chi connectivity index (χ1n) is 7.36. The number of carbonyl (C=O) groups excluding carboxylic acids is 1. The second-order valence-electron chi connectivity index (χ2n) is 5.37. The van der Waals surface area contributed by atoms with Gasteiger partial charge in [0, 0.05) is 24.9 Å². The lowest BCUT2D eigenvalue weighted by molar-refractivity contribution is 0.0949. The summed E-state index contributed by atoms with van der Waals surface area (Å²) in [6.45, 7) is 3.24. The molecule has 0 unspecified atom stereocenters. The Balaban J connectivity index is 1.66. The van der Waals surface area contributed by atoms with Crippen LogP contribution in [-0.2, 0) is 19.5 Å². The lowest BCUT2D eigenvalue weighted by Gasteiger charge is -2.08. The van der Waals surface area contributed by atoms with Gasteiger partial charge in [-0.25, -0.2) is 0 Å². The zero-order chi connectivity index (χ0) is 14.7. The van der Waals surface area contributed by atoms with Crippen molar-refractivity contribution in [2.45, 2.75) is 45.7 Å². The van der Waals surface area contributed by atoms with Crippen molar-refractivity contribution in [1.82, 2.24) is 25.1 Å². The Hall–Kier alpha value is -2.24. The number of nitrogens with zero attached hydrogens (tertiary/aromatic N) is 4.